The Balaban J connectivity index is 2.01. The summed E-state index contributed by atoms with van der Waals surface area (Å²) in [5, 5.41) is 12.2. The lowest BCUT2D eigenvalue weighted by Gasteiger charge is -2.28. The van der Waals surface area contributed by atoms with Crippen molar-refractivity contribution in [1.29, 1.82) is 0 Å². The van der Waals surface area contributed by atoms with Gasteiger partial charge in [-0.2, -0.15) is 0 Å². The van der Waals surface area contributed by atoms with Crippen molar-refractivity contribution in [1.82, 2.24) is 20.1 Å². The zero-order chi connectivity index (χ0) is 11.0. The summed E-state index contributed by atoms with van der Waals surface area (Å²) >= 11 is 0. The van der Waals surface area contributed by atoms with E-state index in [9.17, 15) is 0 Å². The van der Waals surface area contributed by atoms with Crippen LogP contribution in [0.3, 0.4) is 0 Å². The second-order valence-corrected chi connectivity index (χ2v) is 5.11. The lowest BCUT2D eigenvalue weighted by molar-refractivity contribution is 0.366. The molecule has 1 N–H and O–H groups in total. The van der Waals surface area contributed by atoms with Gasteiger partial charge < -0.3 is 9.88 Å². The summed E-state index contributed by atoms with van der Waals surface area (Å²) in [5.74, 6) is 2.39. The molecule has 1 aliphatic heterocycles. The number of nitrogens with zero attached hydrogens (tertiary/aromatic N) is 3. The smallest absolute Gasteiger partial charge is 0.147 e. The first-order valence-corrected chi connectivity index (χ1v) is 6.49. The highest BCUT2D eigenvalue weighted by Gasteiger charge is 2.39. The highest BCUT2D eigenvalue weighted by molar-refractivity contribution is 5.14. The summed E-state index contributed by atoms with van der Waals surface area (Å²) in [7, 11) is 0. The normalized spacial score (nSPS) is 23.3. The molecular weight excluding hydrogens is 200 g/mol. The largest absolute Gasteiger partial charge is 0.312 e. The molecular formula is C12H20N4. The van der Waals surface area contributed by atoms with Gasteiger partial charge in [0, 0.05) is 18.5 Å². The molecule has 0 radical (unpaired) electrons. The molecule has 1 aromatic rings. The molecule has 0 bridgehead atoms. The van der Waals surface area contributed by atoms with E-state index in [1.54, 1.807) is 0 Å². The third-order valence-corrected chi connectivity index (χ3v) is 4.33. The Bertz CT molecular complexity index is 376. The molecule has 0 saturated heterocycles. The van der Waals surface area contributed by atoms with E-state index in [-0.39, 0.29) is 0 Å². The Hall–Kier alpha value is -0.900. The Labute approximate surface area is 96.4 Å². The topological polar surface area (TPSA) is 42.7 Å². The van der Waals surface area contributed by atoms with Crippen molar-refractivity contribution in [2.45, 2.75) is 57.5 Å². The maximum atomic E-state index is 4.50. The fourth-order valence-corrected chi connectivity index (χ4v) is 3.27. The molecule has 0 aromatic carbocycles. The van der Waals surface area contributed by atoms with Crippen molar-refractivity contribution in [3.63, 3.8) is 0 Å². The standard InChI is InChI=1S/C12H20N4/c1-2-12(5-3-4-6-12)11-15-14-10-9-13-7-8-16(10)11/h13H,2-9H2,1H3. The van der Waals surface area contributed by atoms with Gasteiger partial charge in [-0.15, -0.1) is 10.2 Å². The van der Waals surface area contributed by atoms with Crippen LogP contribution in [0.1, 0.15) is 50.7 Å². The molecule has 0 atom stereocenters. The fourth-order valence-electron chi connectivity index (χ4n) is 3.27. The van der Waals surface area contributed by atoms with Gasteiger partial charge in [-0.3, -0.25) is 0 Å². The van der Waals surface area contributed by atoms with Gasteiger partial charge in [-0.05, 0) is 19.3 Å². The highest BCUT2D eigenvalue weighted by atomic mass is 15.3. The predicted octanol–water partition coefficient (Wildman–Crippen LogP) is 1.60. The van der Waals surface area contributed by atoms with Gasteiger partial charge in [0.15, 0.2) is 0 Å². The van der Waals surface area contributed by atoms with Crippen molar-refractivity contribution < 1.29 is 0 Å². The average molecular weight is 220 g/mol. The Morgan fingerprint density at radius 2 is 2.12 bits per heavy atom. The Morgan fingerprint density at radius 1 is 1.31 bits per heavy atom. The molecule has 16 heavy (non-hydrogen) atoms. The summed E-state index contributed by atoms with van der Waals surface area (Å²) < 4.78 is 2.37. The van der Waals surface area contributed by atoms with E-state index in [0.29, 0.717) is 5.41 Å². The molecule has 88 valence electrons. The van der Waals surface area contributed by atoms with E-state index in [1.165, 1.54) is 37.9 Å². The first kappa shape index (κ1) is 10.3. The van der Waals surface area contributed by atoms with Crippen LogP contribution in [0.5, 0.6) is 0 Å². The van der Waals surface area contributed by atoms with Gasteiger partial charge in [0.1, 0.15) is 11.6 Å². The van der Waals surface area contributed by atoms with Crippen LogP contribution < -0.4 is 5.32 Å². The van der Waals surface area contributed by atoms with E-state index >= 15 is 0 Å². The zero-order valence-electron chi connectivity index (χ0n) is 10.00. The van der Waals surface area contributed by atoms with Crippen LogP contribution in [-0.2, 0) is 18.5 Å². The quantitative estimate of drug-likeness (QED) is 0.823. The van der Waals surface area contributed by atoms with E-state index in [0.717, 1.165) is 25.5 Å². The summed E-state index contributed by atoms with van der Waals surface area (Å²) in [5.41, 5.74) is 0.336. The number of hydrogen-bond acceptors (Lipinski definition) is 3. The number of hydrogen-bond donors (Lipinski definition) is 1. The molecule has 4 nitrogen and oxygen atoms in total. The van der Waals surface area contributed by atoms with Gasteiger partial charge in [-0.1, -0.05) is 19.8 Å². The average Bonchev–Trinajstić information content (AvgIpc) is 2.96. The first-order chi connectivity index (χ1) is 7.86. The van der Waals surface area contributed by atoms with Crippen LogP contribution in [0.2, 0.25) is 0 Å². The van der Waals surface area contributed by atoms with Crippen LogP contribution in [0, 0.1) is 0 Å². The van der Waals surface area contributed by atoms with E-state index in [4.69, 9.17) is 0 Å². The van der Waals surface area contributed by atoms with Gasteiger partial charge in [-0.25, -0.2) is 0 Å². The zero-order valence-corrected chi connectivity index (χ0v) is 10.00. The minimum absolute atomic E-state index is 0.336. The van der Waals surface area contributed by atoms with Crippen LogP contribution in [0.25, 0.3) is 0 Å². The van der Waals surface area contributed by atoms with E-state index < -0.39 is 0 Å². The summed E-state index contributed by atoms with van der Waals surface area (Å²) in [6.45, 7) is 5.28. The van der Waals surface area contributed by atoms with Crippen molar-refractivity contribution in [3.05, 3.63) is 11.6 Å². The van der Waals surface area contributed by atoms with Gasteiger partial charge in [0.25, 0.3) is 0 Å². The lowest BCUT2D eigenvalue weighted by atomic mass is 9.82. The minimum atomic E-state index is 0.336. The monoisotopic (exact) mass is 220 g/mol. The van der Waals surface area contributed by atoms with Crippen LogP contribution in [0.15, 0.2) is 0 Å². The van der Waals surface area contributed by atoms with Crippen LogP contribution >= 0.6 is 0 Å². The number of rotatable bonds is 2. The Kier molecular flexibility index (Phi) is 2.46. The molecule has 4 heteroatoms. The third-order valence-electron chi connectivity index (χ3n) is 4.33. The molecule has 0 spiro atoms. The molecule has 1 aromatic heterocycles. The van der Waals surface area contributed by atoms with E-state index in [1.807, 2.05) is 0 Å². The number of fused-ring (bicyclic) bond motifs is 1. The predicted molar refractivity (Wildman–Crippen MR) is 62.2 cm³/mol. The van der Waals surface area contributed by atoms with Gasteiger partial charge in [0.2, 0.25) is 0 Å². The summed E-state index contributed by atoms with van der Waals surface area (Å²) in [6.07, 6.45) is 6.52. The molecule has 2 aliphatic rings. The molecule has 2 heterocycles. The molecule has 1 saturated carbocycles. The SMILES string of the molecule is CCC1(c2nnc3n2CCNC3)CCCC1. The molecule has 1 fully saturated rings. The Morgan fingerprint density at radius 3 is 2.88 bits per heavy atom. The summed E-state index contributed by atoms with van der Waals surface area (Å²) in [4.78, 5) is 0. The molecule has 0 unspecified atom stereocenters. The molecule has 0 amide bonds. The van der Waals surface area contributed by atoms with Crippen molar-refractivity contribution in [2.75, 3.05) is 6.54 Å². The van der Waals surface area contributed by atoms with E-state index in [2.05, 4.69) is 27.0 Å². The number of aromatic nitrogens is 3. The second kappa shape index (κ2) is 3.84. The maximum absolute atomic E-state index is 4.50. The summed E-state index contributed by atoms with van der Waals surface area (Å²) in [6, 6.07) is 0. The second-order valence-electron chi connectivity index (χ2n) is 5.11. The molecule has 3 rings (SSSR count). The highest BCUT2D eigenvalue weighted by Crippen LogP contribution is 2.43. The maximum Gasteiger partial charge on any atom is 0.147 e. The molecule has 1 aliphatic carbocycles. The van der Waals surface area contributed by atoms with Gasteiger partial charge >= 0.3 is 0 Å². The van der Waals surface area contributed by atoms with Crippen LogP contribution in [-0.4, -0.2) is 21.3 Å². The number of nitrogens with one attached hydrogen (secondary N) is 1. The fraction of sp³-hybridized carbons (Fsp3) is 0.833. The minimum Gasteiger partial charge on any atom is -0.312 e. The van der Waals surface area contributed by atoms with Gasteiger partial charge in [0.05, 0.1) is 6.54 Å². The van der Waals surface area contributed by atoms with Crippen molar-refractivity contribution in [3.8, 4) is 0 Å². The van der Waals surface area contributed by atoms with Crippen molar-refractivity contribution >= 4 is 0 Å². The van der Waals surface area contributed by atoms with Crippen molar-refractivity contribution in [2.24, 2.45) is 0 Å². The third kappa shape index (κ3) is 1.39. The lowest BCUT2D eigenvalue weighted by Crippen LogP contribution is -2.33. The van der Waals surface area contributed by atoms with Crippen LogP contribution in [0.4, 0.5) is 0 Å². The first-order valence-electron chi connectivity index (χ1n) is 6.49.